The minimum atomic E-state index is -0.787. The summed E-state index contributed by atoms with van der Waals surface area (Å²) in [5.41, 5.74) is 0. The van der Waals surface area contributed by atoms with Crippen molar-refractivity contribution in [2.24, 2.45) is 0 Å². The van der Waals surface area contributed by atoms with Gasteiger partial charge in [-0.3, -0.25) is 14.4 Å². The van der Waals surface area contributed by atoms with E-state index in [0.29, 0.717) is 19.3 Å². The van der Waals surface area contributed by atoms with E-state index in [2.05, 4.69) is 81.5 Å². The highest BCUT2D eigenvalue weighted by Gasteiger charge is 2.19. The number of carbonyl (C=O) groups excluding carboxylic acids is 3. The number of esters is 3. The predicted molar refractivity (Wildman–Crippen MR) is 307 cm³/mol. The molecule has 0 heterocycles. The Bertz CT molecular complexity index is 1280. The molecule has 0 bridgehead atoms. The topological polar surface area (TPSA) is 78.9 Å². The van der Waals surface area contributed by atoms with E-state index in [4.69, 9.17) is 14.2 Å². The van der Waals surface area contributed by atoms with Crippen molar-refractivity contribution >= 4 is 17.9 Å². The van der Waals surface area contributed by atoms with Crippen LogP contribution in [0.5, 0.6) is 0 Å². The van der Waals surface area contributed by atoms with Gasteiger partial charge in [0.25, 0.3) is 0 Å². The number of allylic oxidation sites excluding steroid dienone is 10. The van der Waals surface area contributed by atoms with Gasteiger partial charge in [0.1, 0.15) is 13.2 Å². The molecule has 0 rings (SSSR count). The molecule has 0 saturated heterocycles. The van der Waals surface area contributed by atoms with Crippen LogP contribution in [0.4, 0.5) is 0 Å². The van der Waals surface area contributed by atoms with Crippen LogP contribution in [-0.2, 0) is 28.6 Å². The molecular formula is C65H116O6. The molecule has 6 nitrogen and oxygen atoms in total. The summed E-state index contributed by atoms with van der Waals surface area (Å²) in [6.07, 6.45) is 75.1. The Morgan fingerprint density at radius 3 is 0.901 bits per heavy atom. The van der Waals surface area contributed by atoms with Crippen molar-refractivity contribution in [1.29, 1.82) is 0 Å². The maximum Gasteiger partial charge on any atom is 0.306 e. The lowest BCUT2D eigenvalue weighted by Crippen LogP contribution is -2.30. The Labute approximate surface area is 440 Å². The van der Waals surface area contributed by atoms with Gasteiger partial charge in [-0.15, -0.1) is 0 Å². The molecule has 1 unspecified atom stereocenters. The summed E-state index contributed by atoms with van der Waals surface area (Å²) < 4.78 is 16.9. The smallest absolute Gasteiger partial charge is 0.306 e. The maximum absolute atomic E-state index is 12.9. The number of hydrogen-bond donors (Lipinski definition) is 0. The lowest BCUT2D eigenvalue weighted by molar-refractivity contribution is -0.167. The zero-order valence-electron chi connectivity index (χ0n) is 47.2. The summed E-state index contributed by atoms with van der Waals surface area (Å²) in [5, 5.41) is 0. The molecule has 6 heteroatoms. The number of hydrogen-bond acceptors (Lipinski definition) is 6. The van der Waals surface area contributed by atoms with Gasteiger partial charge in [0.05, 0.1) is 0 Å². The Morgan fingerprint density at radius 1 is 0.296 bits per heavy atom. The van der Waals surface area contributed by atoms with Crippen LogP contribution in [-0.4, -0.2) is 37.2 Å². The molecule has 0 aromatic heterocycles. The standard InChI is InChI=1S/C65H116O6/c1-4-7-10-13-16-19-22-25-27-29-31-32-34-35-37-40-43-46-49-52-55-58-64(67)70-61-62(60-69-63(66)57-54-51-48-45-42-39-24-21-18-15-12-9-6-3)71-65(68)59-56-53-50-47-44-41-38-36-33-30-28-26-23-20-17-14-11-8-5-2/h9,12,17-18,20-21,26,28,39,42,62H,4-8,10-11,13-16,19,22-25,27,29-38,40-41,43-61H2,1-3H3/b12-9-,20-17-,21-18-,28-26-,42-39-. The van der Waals surface area contributed by atoms with E-state index >= 15 is 0 Å². The second kappa shape index (κ2) is 59.7. The fourth-order valence-electron chi connectivity index (χ4n) is 8.90. The molecule has 0 aromatic carbocycles. The number of rotatable bonds is 56. The second-order valence-corrected chi connectivity index (χ2v) is 20.6. The van der Waals surface area contributed by atoms with Crippen LogP contribution in [0.1, 0.15) is 316 Å². The molecule has 0 aliphatic carbocycles. The highest BCUT2D eigenvalue weighted by molar-refractivity contribution is 5.71. The summed E-state index contributed by atoms with van der Waals surface area (Å²) >= 11 is 0. The normalized spacial score (nSPS) is 12.4. The van der Waals surface area contributed by atoms with E-state index in [0.717, 1.165) is 89.9 Å². The Morgan fingerprint density at radius 2 is 0.549 bits per heavy atom. The van der Waals surface area contributed by atoms with Crippen LogP contribution in [0.15, 0.2) is 60.8 Å². The van der Waals surface area contributed by atoms with Gasteiger partial charge < -0.3 is 14.2 Å². The van der Waals surface area contributed by atoms with Gasteiger partial charge in [-0.2, -0.15) is 0 Å². The van der Waals surface area contributed by atoms with Gasteiger partial charge in [-0.25, -0.2) is 0 Å². The molecule has 1 atom stereocenters. The van der Waals surface area contributed by atoms with Crippen molar-refractivity contribution in [2.75, 3.05) is 13.2 Å². The van der Waals surface area contributed by atoms with Gasteiger partial charge in [0, 0.05) is 19.3 Å². The quantitative estimate of drug-likeness (QED) is 0.0261. The zero-order chi connectivity index (χ0) is 51.4. The molecule has 0 N–H and O–H groups in total. The largest absolute Gasteiger partial charge is 0.462 e. The minimum absolute atomic E-state index is 0.0824. The first-order chi connectivity index (χ1) is 35.0. The molecule has 0 aliphatic heterocycles. The third-order valence-corrected chi connectivity index (χ3v) is 13.5. The maximum atomic E-state index is 12.9. The van der Waals surface area contributed by atoms with Crippen molar-refractivity contribution in [3.63, 3.8) is 0 Å². The monoisotopic (exact) mass is 993 g/mol. The SMILES string of the molecule is CC/C=C\C/C=C\C/C=C\CCCCCC(=O)OCC(COC(=O)CCCCCCCCCCCCCCCCCCCCCCC)OC(=O)CCCCCCCCCCC/C=C\C/C=C\CCCCC. The molecule has 0 fully saturated rings. The van der Waals surface area contributed by atoms with Gasteiger partial charge in [0.2, 0.25) is 0 Å². The number of carbonyl (C=O) groups is 3. The molecule has 0 saturated carbocycles. The summed E-state index contributed by atoms with van der Waals surface area (Å²) in [4.78, 5) is 38.2. The average molecular weight is 994 g/mol. The van der Waals surface area contributed by atoms with Crippen LogP contribution in [0.3, 0.4) is 0 Å². The van der Waals surface area contributed by atoms with Gasteiger partial charge >= 0.3 is 17.9 Å². The van der Waals surface area contributed by atoms with E-state index in [9.17, 15) is 14.4 Å². The first-order valence-corrected chi connectivity index (χ1v) is 30.8. The van der Waals surface area contributed by atoms with Gasteiger partial charge in [-0.1, -0.05) is 274 Å². The molecule has 412 valence electrons. The molecule has 0 aromatic rings. The predicted octanol–water partition coefficient (Wildman–Crippen LogP) is 20.8. The van der Waals surface area contributed by atoms with E-state index in [-0.39, 0.29) is 31.1 Å². The van der Waals surface area contributed by atoms with Crippen molar-refractivity contribution in [1.82, 2.24) is 0 Å². The van der Waals surface area contributed by atoms with Crippen LogP contribution in [0.2, 0.25) is 0 Å². The van der Waals surface area contributed by atoms with Crippen LogP contribution in [0, 0.1) is 0 Å². The van der Waals surface area contributed by atoms with Crippen molar-refractivity contribution in [2.45, 2.75) is 322 Å². The Hall–Kier alpha value is -2.89. The molecule has 0 radical (unpaired) electrons. The van der Waals surface area contributed by atoms with Gasteiger partial charge in [0.15, 0.2) is 6.10 Å². The summed E-state index contributed by atoms with van der Waals surface area (Å²) in [5.74, 6) is -0.902. The average Bonchev–Trinajstić information content (AvgIpc) is 3.37. The fourth-order valence-corrected chi connectivity index (χ4v) is 8.90. The summed E-state index contributed by atoms with van der Waals surface area (Å²) in [7, 11) is 0. The number of ether oxygens (including phenoxy) is 3. The number of unbranched alkanes of at least 4 members (excludes halogenated alkanes) is 35. The first-order valence-electron chi connectivity index (χ1n) is 30.8. The first kappa shape index (κ1) is 68.1. The van der Waals surface area contributed by atoms with Crippen LogP contribution < -0.4 is 0 Å². The Balaban J connectivity index is 4.32. The third-order valence-electron chi connectivity index (χ3n) is 13.5. The van der Waals surface area contributed by atoms with Crippen molar-refractivity contribution in [3.8, 4) is 0 Å². The fraction of sp³-hybridized carbons (Fsp3) is 0.800. The lowest BCUT2D eigenvalue weighted by Gasteiger charge is -2.18. The van der Waals surface area contributed by atoms with E-state index in [1.165, 1.54) is 186 Å². The van der Waals surface area contributed by atoms with Crippen molar-refractivity contribution < 1.29 is 28.6 Å². The van der Waals surface area contributed by atoms with Crippen LogP contribution in [0.25, 0.3) is 0 Å². The highest BCUT2D eigenvalue weighted by Crippen LogP contribution is 2.17. The lowest BCUT2D eigenvalue weighted by atomic mass is 10.0. The molecular weight excluding hydrogens is 877 g/mol. The third kappa shape index (κ3) is 57.9. The zero-order valence-corrected chi connectivity index (χ0v) is 47.2. The van der Waals surface area contributed by atoms with E-state index < -0.39 is 6.10 Å². The molecule has 0 amide bonds. The highest BCUT2D eigenvalue weighted by atomic mass is 16.6. The second-order valence-electron chi connectivity index (χ2n) is 20.6. The Kier molecular flexibility index (Phi) is 57.2. The summed E-state index contributed by atoms with van der Waals surface area (Å²) in [6.45, 7) is 6.52. The minimum Gasteiger partial charge on any atom is -0.462 e. The van der Waals surface area contributed by atoms with Crippen LogP contribution >= 0.6 is 0 Å². The van der Waals surface area contributed by atoms with Gasteiger partial charge in [-0.05, 0) is 83.5 Å². The molecule has 0 spiro atoms. The van der Waals surface area contributed by atoms with E-state index in [1.807, 2.05) is 0 Å². The molecule has 0 aliphatic rings. The van der Waals surface area contributed by atoms with Crippen molar-refractivity contribution in [3.05, 3.63) is 60.8 Å². The molecule has 71 heavy (non-hydrogen) atoms. The summed E-state index contributed by atoms with van der Waals surface area (Å²) in [6, 6.07) is 0. The van der Waals surface area contributed by atoms with E-state index in [1.54, 1.807) is 0 Å².